The zero-order valence-corrected chi connectivity index (χ0v) is 22.2. The van der Waals surface area contributed by atoms with Gasteiger partial charge in [0.2, 0.25) is 5.72 Å². The molecule has 1 spiro atoms. The van der Waals surface area contributed by atoms with Gasteiger partial charge in [-0.25, -0.2) is 4.79 Å². The minimum Gasteiger partial charge on any atom is -0.478 e. The van der Waals surface area contributed by atoms with Crippen molar-refractivity contribution in [2.75, 3.05) is 23.9 Å². The van der Waals surface area contributed by atoms with Crippen LogP contribution in [0.15, 0.2) is 84.6 Å². The van der Waals surface area contributed by atoms with Crippen molar-refractivity contribution in [1.29, 1.82) is 0 Å². The Bertz CT molecular complexity index is 1530. The molecule has 3 aromatic carbocycles. The second kappa shape index (κ2) is 7.51. The minimum atomic E-state index is -0.952. The highest BCUT2D eigenvalue weighted by Gasteiger charge is 2.58. The van der Waals surface area contributed by atoms with Crippen molar-refractivity contribution in [2.45, 2.75) is 44.2 Å². The fourth-order valence-electron chi connectivity index (χ4n) is 6.55. The number of ether oxygens (including phenoxy) is 1. The van der Waals surface area contributed by atoms with Gasteiger partial charge in [-0.15, -0.1) is 0 Å². The highest BCUT2D eigenvalue weighted by atomic mass is 16.5. The first-order chi connectivity index (χ1) is 17.5. The number of fused-ring (bicyclic) bond motifs is 3. The van der Waals surface area contributed by atoms with E-state index in [-0.39, 0.29) is 16.4 Å². The average molecular weight is 493 g/mol. The normalized spacial score (nSPS) is 23.4. The highest BCUT2D eigenvalue weighted by molar-refractivity contribution is 5.92. The molecule has 0 saturated heterocycles. The molecule has 1 atom stereocenters. The van der Waals surface area contributed by atoms with E-state index in [1.165, 1.54) is 16.8 Å². The Morgan fingerprint density at radius 1 is 0.892 bits per heavy atom. The molecule has 0 radical (unpaired) electrons. The quantitative estimate of drug-likeness (QED) is 0.437. The molecule has 0 bridgehead atoms. The Balaban J connectivity index is 1.60. The van der Waals surface area contributed by atoms with Crippen LogP contribution in [0.5, 0.6) is 5.75 Å². The maximum atomic E-state index is 11.9. The van der Waals surface area contributed by atoms with E-state index in [1.54, 1.807) is 18.2 Å². The van der Waals surface area contributed by atoms with Crippen LogP contribution in [-0.4, -0.2) is 30.9 Å². The number of carboxylic acids is 1. The molecule has 3 heterocycles. The second-order valence-corrected chi connectivity index (χ2v) is 11.3. The monoisotopic (exact) mass is 492 g/mol. The molecule has 1 unspecified atom stereocenters. The Hall–Kier alpha value is -3.99. The fraction of sp³-hybridized carbons (Fsp3) is 0.281. The summed E-state index contributed by atoms with van der Waals surface area (Å²) in [6, 6.07) is 22.1. The van der Waals surface area contributed by atoms with E-state index in [2.05, 4.69) is 112 Å². The Morgan fingerprint density at radius 3 is 2.19 bits per heavy atom. The zero-order chi connectivity index (χ0) is 26.3. The zero-order valence-electron chi connectivity index (χ0n) is 22.2. The molecule has 0 aliphatic carbocycles. The van der Waals surface area contributed by atoms with Gasteiger partial charge in [0, 0.05) is 42.1 Å². The lowest BCUT2D eigenvalue weighted by Crippen LogP contribution is -2.58. The SMILES string of the molecule is CN1/C(=C/C2=CC3(Oc4ccc(C(=O)O)cc42)N(C)c2ccccc2C3(C)C)C(C)(C)c2ccccc21. The largest absolute Gasteiger partial charge is 0.478 e. The topological polar surface area (TPSA) is 53.0 Å². The molecule has 0 fully saturated rings. The van der Waals surface area contributed by atoms with Gasteiger partial charge in [-0.05, 0) is 73.0 Å². The number of carboxylic acid groups (broad SMARTS) is 1. The smallest absolute Gasteiger partial charge is 0.335 e. The minimum absolute atomic E-state index is 0.220. The number of hydrogen-bond donors (Lipinski definition) is 1. The Labute approximate surface area is 218 Å². The number of likely N-dealkylation sites (N-methyl/N-ethyl adjacent to an activating group) is 2. The third-order valence-corrected chi connectivity index (χ3v) is 8.72. The van der Waals surface area contributed by atoms with Crippen LogP contribution in [0.25, 0.3) is 5.57 Å². The van der Waals surface area contributed by atoms with Crippen molar-refractivity contribution in [1.82, 2.24) is 0 Å². The second-order valence-electron chi connectivity index (χ2n) is 11.3. The van der Waals surface area contributed by atoms with Crippen LogP contribution < -0.4 is 14.5 Å². The number of para-hydroxylation sites is 2. The van der Waals surface area contributed by atoms with E-state index in [9.17, 15) is 9.90 Å². The third-order valence-electron chi connectivity index (χ3n) is 8.72. The number of allylic oxidation sites excluding steroid dienone is 3. The van der Waals surface area contributed by atoms with Gasteiger partial charge >= 0.3 is 5.97 Å². The molecule has 0 saturated carbocycles. The van der Waals surface area contributed by atoms with Gasteiger partial charge < -0.3 is 19.6 Å². The molecule has 5 heteroatoms. The standard InChI is InChI=1S/C32H32N2O3/c1-30(2)23-11-7-9-13-25(23)33(5)28(30)18-21-19-32(37-27-16-15-20(29(35)36)17-22(21)27)31(3,4)24-12-8-10-14-26(24)34(32)6/h7-19H,1-6H3,(H,35,36)/b28-18+. The van der Waals surface area contributed by atoms with Crippen LogP contribution in [0.4, 0.5) is 11.4 Å². The lowest BCUT2D eigenvalue weighted by atomic mass is 9.75. The average Bonchev–Trinajstić information content (AvgIpc) is 3.17. The van der Waals surface area contributed by atoms with Gasteiger partial charge in [0.25, 0.3) is 0 Å². The number of anilines is 2. The van der Waals surface area contributed by atoms with E-state index in [1.807, 2.05) is 0 Å². The summed E-state index contributed by atoms with van der Waals surface area (Å²) in [6.07, 6.45) is 4.42. The summed E-state index contributed by atoms with van der Waals surface area (Å²) < 4.78 is 6.87. The van der Waals surface area contributed by atoms with Crippen LogP contribution in [0.1, 0.15) is 54.7 Å². The number of aromatic carboxylic acids is 1. The van der Waals surface area contributed by atoms with Gasteiger partial charge in [0.1, 0.15) is 5.75 Å². The first kappa shape index (κ1) is 23.4. The lowest BCUT2D eigenvalue weighted by Gasteiger charge is -2.47. The number of carbonyl (C=O) groups is 1. The van der Waals surface area contributed by atoms with Gasteiger partial charge in [-0.2, -0.15) is 0 Å². The van der Waals surface area contributed by atoms with Crippen LogP contribution >= 0.6 is 0 Å². The van der Waals surface area contributed by atoms with Crippen molar-refractivity contribution in [3.63, 3.8) is 0 Å². The summed E-state index contributed by atoms with van der Waals surface area (Å²) in [4.78, 5) is 16.4. The van der Waals surface area contributed by atoms with E-state index in [0.29, 0.717) is 5.75 Å². The molecule has 0 amide bonds. The number of rotatable bonds is 2. The first-order valence-electron chi connectivity index (χ1n) is 12.7. The highest BCUT2D eigenvalue weighted by Crippen LogP contribution is 2.56. The Kier molecular flexibility index (Phi) is 4.75. The van der Waals surface area contributed by atoms with Gasteiger partial charge in [-0.1, -0.05) is 50.2 Å². The van der Waals surface area contributed by atoms with Crippen molar-refractivity contribution in [3.05, 3.63) is 107 Å². The van der Waals surface area contributed by atoms with Crippen molar-refractivity contribution in [2.24, 2.45) is 0 Å². The number of hydrogen-bond acceptors (Lipinski definition) is 4. The van der Waals surface area contributed by atoms with Crippen LogP contribution in [-0.2, 0) is 10.8 Å². The molecule has 37 heavy (non-hydrogen) atoms. The molecular weight excluding hydrogens is 460 g/mol. The third kappa shape index (κ3) is 3.00. The number of benzene rings is 3. The molecular formula is C32H32N2O3. The van der Waals surface area contributed by atoms with Gasteiger partial charge in [0.15, 0.2) is 0 Å². The summed E-state index contributed by atoms with van der Waals surface area (Å²) in [5.74, 6) is -0.269. The summed E-state index contributed by atoms with van der Waals surface area (Å²) in [5.41, 5.74) is 6.58. The summed E-state index contributed by atoms with van der Waals surface area (Å²) in [6.45, 7) is 8.92. The molecule has 5 nitrogen and oxygen atoms in total. The van der Waals surface area contributed by atoms with Crippen LogP contribution in [0, 0.1) is 0 Å². The van der Waals surface area contributed by atoms with Crippen molar-refractivity contribution in [3.8, 4) is 5.75 Å². The summed E-state index contributed by atoms with van der Waals surface area (Å²) in [5, 5.41) is 9.76. The molecule has 3 aliphatic rings. The molecule has 0 aromatic heterocycles. The maximum absolute atomic E-state index is 11.9. The van der Waals surface area contributed by atoms with Crippen LogP contribution in [0.2, 0.25) is 0 Å². The van der Waals surface area contributed by atoms with E-state index in [4.69, 9.17) is 4.74 Å². The van der Waals surface area contributed by atoms with Crippen molar-refractivity contribution >= 4 is 22.9 Å². The van der Waals surface area contributed by atoms with E-state index < -0.39 is 11.7 Å². The molecule has 6 rings (SSSR count). The first-order valence-corrected chi connectivity index (χ1v) is 12.7. The molecule has 3 aromatic rings. The fourth-order valence-corrected chi connectivity index (χ4v) is 6.55. The van der Waals surface area contributed by atoms with Crippen molar-refractivity contribution < 1.29 is 14.6 Å². The molecule has 3 aliphatic heterocycles. The predicted octanol–water partition coefficient (Wildman–Crippen LogP) is 6.60. The van der Waals surface area contributed by atoms with Gasteiger partial charge in [-0.3, -0.25) is 0 Å². The Morgan fingerprint density at radius 2 is 1.54 bits per heavy atom. The molecule has 1 N–H and O–H groups in total. The predicted molar refractivity (Wildman–Crippen MR) is 149 cm³/mol. The van der Waals surface area contributed by atoms with E-state index >= 15 is 0 Å². The number of nitrogens with zero attached hydrogens (tertiary/aromatic N) is 2. The maximum Gasteiger partial charge on any atom is 0.335 e. The van der Waals surface area contributed by atoms with E-state index in [0.717, 1.165) is 22.5 Å². The molecule has 188 valence electrons. The van der Waals surface area contributed by atoms with Gasteiger partial charge in [0.05, 0.1) is 11.0 Å². The lowest BCUT2D eigenvalue weighted by molar-refractivity contribution is 0.0575. The van der Waals surface area contributed by atoms with Crippen LogP contribution in [0.3, 0.4) is 0 Å². The summed E-state index contributed by atoms with van der Waals surface area (Å²) in [7, 11) is 4.18. The summed E-state index contributed by atoms with van der Waals surface area (Å²) >= 11 is 0.